The molecular formula is C9H8Cl2INO2. The fraction of sp³-hybridized carbons (Fsp3) is 0.333. The van der Waals surface area contributed by atoms with Gasteiger partial charge in [0.25, 0.3) is 0 Å². The zero-order valence-corrected chi connectivity index (χ0v) is 11.8. The molecule has 0 saturated carbocycles. The number of aromatic nitrogens is 1. The Labute approximate surface area is 111 Å². The topological polar surface area (TPSA) is 39.2 Å². The van der Waals surface area contributed by atoms with Crippen LogP contribution >= 0.6 is 45.8 Å². The van der Waals surface area contributed by atoms with Crippen molar-refractivity contribution >= 4 is 51.8 Å². The molecule has 3 nitrogen and oxygen atoms in total. The second-order valence-corrected chi connectivity index (χ2v) is 4.53. The Morgan fingerprint density at radius 3 is 2.67 bits per heavy atom. The van der Waals surface area contributed by atoms with E-state index in [4.69, 9.17) is 27.9 Å². The van der Waals surface area contributed by atoms with Gasteiger partial charge in [0.2, 0.25) is 0 Å². The molecule has 82 valence electrons. The second kappa shape index (κ2) is 5.32. The highest BCUT2D eigenvalue weighted by atomic mass is 127. The highest BCUT2D eigenvalue weighted by molar-refractivity contribution is 14.1. The summed E-state index contributed by atoms with van der Waals surface area (Å²) in [6.07, 6.45) is 0. The van der Waals surface area contributed by atoms with Crippen LogP contribution in [0.3, 0.4) is 0 Å². The van der Waals surface area contributed by atoms with Gasteiger partial charge in [-0.15, -0.1) is 0 Å². The predicted molar refractivity (Wildman–Crippen MR) is 67.7 cm³/mol. The SMILES string of the molecule is CCOC(=O)c1c(C)nc(Cl)c(I)c1Cl. The average Bonchev–Trinajstić information content (AvgIpc) is 2.15. The smallest absolute Gasteiger partial charge is 0.341 e. The minimum absolute atomic E-state index is 0.285. The second-order valence-electron chi connectivity index (χ2n) is 2.71. The van der Waals surface area contributed by atoms with E-state index < -0.39 is 5.97 Å². The molecule has 0 radical (unpaired) electrons. The molecule has 15 heavy (non-hydrogen) atoms. The molecular weight excluding hydrogens is 352 g/mol. The van der Waals surface area contributed by atoms with E-state index in [-0.39, 0.29) is 5.56 Å². The largest absolute Gasteiger partial charge is 0.462 e. The molecule has 1 rings (SSSR count). The lowest BCUT2D eigenvalue weighted by molar-refractivity contribution is 0.0525. The highest BCUT2D eigenvalue weighted by Crippen LogP contribution is 2.30. The highest BCUT2D eigenvalue weighted by Gasteiger charge is 2.20. The number of aryl methyl sites for hydroxylation is 1. The van der Waals surface area contributed by atoms with Crippen molar-refractivity contribution < 1.29 is 9.53 Å². The van der Waals surface area contributed by atoms with Crippen LogP contribution in [-0.2, 0) is 4.74 Å². The van der Waals surface area contributed by atoms with E-state index in [1.54, 1.807) is 13.8 Å². The Morgan fingerprint density at radius 2 is 2.13 bits per heavy atom. The van der Waals surface area contributed by atoms with Crippen LogP contribution in [0.25, 0.3) is 0 Å². The number of carbonyl (C=O) groups is 1. The number of hydrogen-bond donors (Lipinski definition) is 0. The summed E-state index contributed by atoms with van der Waals surface area (Å²) in [4.78, 5) is 15.6. The van der Waals surface area contributed by atoms with Crippen molar-refractivity contribution in [1.82, 2.24) is 4.98 Å². The van der Waals surface area contributed by atoms with Crippen molar-refractivity contribution in [3.8, 4) is 0 Å². The fourth-order valence-electron chi connectivity index (χ4n) is 1.05. The molecule has 1 aromatic rings. The Bertz CT molecular complexity index is 410. The van der Waals surface area contributed by atoms with Gasteiger partial charge >= 0.3 is 5.97 Å². The maximum Gasteiger partial charge on any atom is 0.341 e. The number of carbonyl (C=O) groups excluding carboxylic acids is 1. The average molecular weight is 360 g/mol. The van der Waals surface area contributed by atoms with Crippen LogP contribution in [0, 0.1) is 10.5 Å². The van der Waals surface area contributed by atoms with Crippen molar-refractivity contribution in [3.05, 3.63) is 25.0 Å². The van der Waals surface area contributed by atoms with Gasteiger partial charge in [0, 0.05) is 0 Å². The van der Waals surface area contributed by atoms with Crippen LogP contribution in [0.1, 0.15) is 23.0 Å². The first-order valence-electron chi connectivity index (χ1n) is 4.17. The van der Waals surface area contributed by atoms with Gasteiger partial charge in [-0.05, 0) is 36.4 Å². The molecule has 0 fully saturated rings. The molecule has 1 heterocycles. The third-order valence-corrected chi connectivity index (χ3v) is 4.04. The number of hydrogen-bond acceptors (Lipinski definition) is 3. The van der Waals surface area contributed by atoms with E-state index in [1.807, 2.05) is 22.6 Å². The van der Waals surface area contributed by atoms with Crippen molar-refractivity contribution in [3.63, 3.8) is 0 Å². The molecule has 6 heteroatoms. The fourth-order valence-corrected chi connectivity index (χ4v) is 2.02. The number of nitrogens with zero attached hydrogens (tertiary/aromatic N) is 1. The van der Waals surface area contributed by atoms with E-state index in [1.165, 1.54) is 0 Å². The standard InChI is InChI=1S/C9H8Cl2INO2/c1-3-15-9(14)5-4(2)13-8(11)7(12)6(5)10/h3H2,1-2H3. The zero-order chi connectivity index (χ0) is 11.6. The molecule has 0 aromatic carbocycles. The van der Waals surface area contributed by atoms with Gasteiger partial charge in [-0.25, -0.2) is 9.78 Å². The zero-order valence-electron chi connectivity index (χ0n) is 8.10. The van der Waals surface area contributed by atoms with Crippen LogP contribution in [-0.4, -0.2) is 17.6 Å². The van der Waals surface area contributed by atoms with Crippen molar-refractivity contribution in [2.75, 3.05) is 6.61 Å². The summed E-state index contributed by atoms with van der Waals surface area (Å²) < 4.78 is 5.43. The van der Waals surface area contributed by atoms with Crippen molar-refractivity contribution in [2.24, 2.45) is 0 Å². The molecule has 0 aliphatic heterocycles. The van der Waals surface area contributed by atoms with E-state index in [9.17, 15) is 4.79 Å². The van der Waals surface area contributed by atoms with Gasteiger partial charge in [0.15, 0.2) is 0 Å². The lowest BCUT2D eigenvalue weighted by Gasteiger charge is -2.09. The van der Waals surface area contributed by atoms with Gasteiger partial charge in [-0.1, -0.05) is 23.2 Å². The summed E-state index contributed by atoms with van der Waals surface area (Å²) in [5.41, 5.74) is 0.760. The Kier molecular flexibility index (Phi) is 4.61. The third-order valence-electron chi connectivity index (χ3n) is 1.70. The lowest BCUT2D eigenvalue weighted by atomic mass is 10.2. The van der Waals surface area contributed by atoms with Crippen molar-refractivity contribution in [1.29, 1.82) is 0 Å². The Balaban J connectivity index is 3.29. The molecule has 0 atom stereocenters. The molecule has 0 bridgehead atoms. The number of ether oxygens (including phenoxy) is 1. The first-order chi connectivity index (χ1) is 6.99. The van der Waals surface area contributed by atoms with E-state index in [2.05, 4.69) is 4.98 Å². The number of esters is 1. The van der Waals surface area contributed by atoms with Crippen LogP contribution in [0.2, 0.25) is 10.2 Å². The molecule has 0 aliphatic rings. The maximum atomic E-state index is 11.6. The maximum absolute atomic E-state index is 11.6. The van der Waals surface area contributed by atoms with Crippen LogP contribution in [0.15, 0.2) is 0 Å². The summed E-state index contributed by atoms with van der Waals surface area (Å²) >= 11 is 13.8. The van der Waals surface area contributed by atoms with Crippen LogP contribution in [0.4, 0.5) is 0 Å². The van der Waals surface area contributed by atoms with E-state index in [0.717, 1.165) is 0 Å². The van der Waals surface area contributed by atoms with E-state index >= 15 is 0 Å². The quantitative estimate of drug-likeness (QED) is 0.461. The number of pyridine rings is 1. The molecule has 0 spiro atoms. The predicted octanol–water partition coefficient (Wildman–Crippen LogP) is 3.48. The lowest BCUT2D eigenvalue weighted by Crippen LogP contribution is -2.10. The minimum Gasteiger partial charge on any atom is -0.462 e. The summed E-state index contributed by atoms with van der Waals surface area (Å²) in [5.74, 6) is -0.470. The Hall–Kier alpha value is -0.0700. The van der Waals surface area contributed by atoms with Gasteiger partial charge in [-0.2, -0.15) is 0 Å². The summed E-state index contributed by atoms with van der Waals surface area (Å²) in [5, 5.41) is 0.595. The number of rotatable bonds is 2. The van der Waals surface area contributed by atoms with Gasteiger partial charge in [0.1, 0.15) is 10.7 Å². The first-order valence-corrected chi connectivity index (χ1v) is 6.00. The van der Waals surface area contributed by atoms with Crippen LogP contribution in [0.5, 0.6) is 0 Å². The molecule has 0 saturated heterocycles. The summed E-state index contributed by atoms with van der Waals surface area (Å²) in [6.45, 7) is 3.70. The van der Waals surface area contributed by atoms with Gasteiger partial charge in [0.05, 0.1) is 20.9 Å². The normalized spacial score (nSPS) is 10.2. The summed E-state index contributed by atoms with van der Waals surface area (Å²) in [6, 6.07) is 0. The summed E-state index contributed by atoms with van der Waals surface area (Å²) in [7, 11) is 0. The number of halogens is 3. The third kappa shape index (κ3) is 2.73. The molecule has 0 aliphatic carbocycles. The van der Waals surface area contributed by atoms with E-state index in [0.29, 0.717) is 26.0 Å². The van der Waals surface area contributed by atoms with Crippen LogP contribution < -0.4 is 0 Å². The monoisotopic (exact) mass is 359 g/mol. The van der Waals surface area contributed by atoms with Crippen molar-refractivity contribution in [2.45, 2.75) is 13.8 Å². The van der Waals surface area contributed by atoms with Gasteiger partial charge < -0.3 is 4.74 Å². The molecule has 0 amide bonds. The molecule has 0 unspecified atom stereocenters. The first kappa shape index (κ1) is 13.0. The Morgan fingerprint density at radius 1 is 1.53 bits per heavy atom. The molecule has 1 aromatic heterocycles. The minimum atomic E-state index is -0.470. The van der Waals surface area contributed by atoms with Gasteiger partial charge in [-0.3, -0.25) is 0 Å². The molecule has 0 N–H and O–H groups in total.